The predicted octanol–water partition coefficient (Wildman–Crippen LogP) is 3.15. The second-order valence-electron chi connectivity index (χ2n) is 8.05. The highest BCUT2D eigenvalue weighted by atomic mass is 16.6. The monoisotopic (exact) mass is 467 g/mol. The summed E-state index contributed by atoms with van der Waals surface area (Å²) in [5, 5.41) is 24.8. The Morgan fingerprint density at radius 3 is 2.71 bits per heavy atom. The molecule has 2 aromatic carbocycles. The highest BCUT2D eigenvalue weighted by molar-refractivity contribution is 5.96. The molecule has 1 saturated heterocycles. The zero-order valence-corrected chi connectivity index (χ0v) is 19.3. The second kappa shape index (κ2) is 11.3. The van der Waals surface area contributed by atoms with Gasteiger partial charge < -0.3 is 14.9 Å². The van der Waals surface area contributed by atoms with E-state index in [2.05, 4.69) is 10.5 Å². The number of non-ortho nitro benzene ring substituents is 1. The van der Waals surface area contributed by atoms with Crippen molar-refractivity contribution in [2.24, 2.45) is 11.0 Å². The van der Waals surface area contributed by atoms with Gasteiger partial charge in [-0.25, -0.2) is 5.43 Å². The lowest BCUT2D eigenvalue weighted by molar-refractivity contribution is -0.384. The number of hydrogen-bond acceptors (Lipinski definition) is 7. The number of nitro benzene ring substituents is 1. The number of nitrogens with zero attached hydrogens (tertiary/aromatic N) is 4. The molecule has 2 N–H and O–H groups in total. The number of carbonyl (C=O) groups is 2. The molecule has 10 heteroatoms. The fourth-order valence-corrected chi connectivity index (χ4v) is 4.11. The van der Waals surface area contributed by atoms with Gasteiger partial charge in [-0.2, -0.15) is 5.10 Å². The highest BCUT2D eigenvalue weighted by Gasteiger charge is 2.29. The Hall–Kier alpha value is -3.95. The topological polar surface area (TPSA) is 128 Å². The third-order valence-electron chi connectivity index (χ3n) is 5.89. The molecule has 180 valence electrons. The number of anilines is 1. The number of amides is 2. The summed E-state index contributed by atoms with van der Waals surface area (Å²) in [5.41, 5.74) is 3.67. The van der Waals surface area contributed by atoms with Gasteiger partial charge in [-0.05, 0) is 51.0 Å². The molecule has 0 aliphatic carbocycles. The summed E-state index contributed by atoms with van der Waals surface area (Å²) in [5.74, 6) is -0.609. The smallest absolute Gasteiger partial charge is 0.271 e. The molecule has 2 amide bonds. The van der Waals surface area contributed by atoms with Gasteiger partial charge in [0.1, 0.15) is 5.75 Å². The summed E-state index contributed by atoms with van der Waals surface area (Å²) in [6.45, 7) is 6.43. The molecule has 1 heterocycles. The first-order valence-electron chi connectivity index (χ1n) is 11.3. The number of carbonyl (C=O) groups excluding carboxylic acids is 2. The summed E-state index contributed by atoms with van der Waals surface area (Å²) in [6, 6.07) is 10.3. The lowest BCUT2D eigenvalue weighted by Gasteiger charge is -2.36. The standard InChI is InChI=1S/C24H29N5O5/c1-3-27(4-2)24(32)18-8-6-12-28(16-18)22-11-10-20(29(33)34)13-19(22)15-25-26-23(31)17-7-5-9-21(30)14-17/h5,7,9-11,13-15,18,30H,3-4,6,8,12,16H2,1-2H3,(H,26,31)/t18-/m0/s1. The fraction of sp³-hybridized carbons (Fsp3) is 0.375. The lowest BCUT2D eigenvalue weighted by atomic mass is 9.95. The number of nitro groups is 1. The Morgan fingerprint density at radius 2 is 2.03 bits per heavy atom. The highest BCUT2D eigenvalue weighted by Crippen LogP contribution is 2.29. The number of aromatic hydroxyl groups is 1. The summed E-state index contributed by atoms with van der Waals surface area (Å²) >= 11 is 0. The summed E-state index contributed by atoms with van der Waals surface area (Å²) in [6.07, 6.45) is 2.97. The molecule has 1 aliphatic rings. The summed E-state index contributed by atoms with van der Waals surface area (Å²) in [4.78, 5) is 39.9. The predicted molar refractivity (Wildman–Crippen MR) is 129 cm³/mol. The Kier molecular flexibility index (Phi) is 8.18. The number of piperidine rings is 1. The van der Waals surface area contributed by atoms with Crippen molar-refractivity contribution < 1.29 is 19.6 Å². The Morgan fingerprint density at radius 1 is 1.26 bits per heavy atom. The molecule has 1 atom stereocenters. The molecule has 0 bridgehead atoms. The van der Waals surface area contributed by atoms with Crippen molar-refractivity contribution in [1.82, 2.24) is 10.3 Å². The molecule has 0 saturated carbocycles. The van der Waals surface area contributed by atoms with Crippen LogP contribution in [0.25, 0.3) is 0 Å². The van der Waals surface area contributed by atoms with E-state index in [1.165, 1.54) is 36.5 Å². The number of hydrazone groups is 1. The van der Waals surface area contributed by atoms with Crippen LogP contribution in [0.1, 0.15) is 42.6 Å². The van der Waals surface area contributed by atoms with E-state index < -0.39 is 10.8 Å². The van der Waals surface area contributed by atoms with Crippen molar-refractivity contribution in [3.63, 3.8) is 0 Å². The van der Waals surface area contributed by atoms with Gasteiger partial charge in [-0.1, -0.05) is 6.07 Å². The van der Waals surface area contributed by atoms with E-state index in [1.807, 2.05) is 23.6 Å². The third kappa shape index (κ3) is 5.89. The van der Waals surface area contributed by atoms with Crippen LogP contribution in [0, 0.1) is 16.0 Å². The minimum Gasteiger partial charge on any atom is -0.508 e. The van der Waals surface area contributed by atoms with Crippen molar-refractivity contribution in [2.45, 2.75) is 26.7 Å². The van der Waals surface area contributed by atoms with E-state index in [0.29, 0.717) is 37.4 Å². The van der Waals surface area contributed by atoms with Crippen LogP contribution < -0.4 is 10.3 Å². The van der Waals surface area contributed by atoms with E-state index in [9.17, 15) is 24.8 Å². The molecule has 0 radical (unpaired) electrons. The minimum absolute atomic E-state index is 0.0449. The quantitative estimate of drug-likeness (QED) is 0.349. The van der Waals surface area contributed by atoms with Gasteiger partial charge in [-0.3, -0.25) is 19.7 Å². The summed E-state index contributed by atoms with van der Waals surface area (Å²) in [7, 11) is 0. The van der Waals surface area contributed by atoms with E-state index in [1.54, 1.807) is 12.1 Å². The zero-order valence-electron chi connectivity index (χ0n) is 19.3. The average Bonchev–Trinajstić information content (AvgIpc) is 2.84. The Labute approximate surface area is 198 Å². The van der Waals surface area contributed by atoms with E-state index in [0.717, 1.165) is 12.8 Å². The number of phenolic OH excluding ortho intramolecular Hbond substituents is 1. The molecule has 0 aromatic heterocycles. The van der Waals surface area contributed by atoms with Crippen LogP contribution in [0.4, 0.5) is 11.4 Å². The number of nitrogens with one attached hydrogen (secondary N) is 1. The van der Waals surface area contributed by atoms with E-state index >= 15 is 0 Å². The first kappa shape index (κ1) is 24.7. The van der Waals surface area contributed by atoms with Gasteiger partial charge in [-0.15, -0.1) is 0 Å². The van der Waals surface area contributed by atoms with Crippen LogP contribution in [-0.2, 0) is 4.79 Å². The van der Waals surface area contributed by atoms with Crippen molar-refractivity contribution in [3.8, 4) is 5.75 Å². The van der Waals surface area contributed by atoms with Gasteiger partial charge in [0.15, 0.2) is 0 Å². The van der Waals surface area contributed by atoms with E-state index in [-0.39, 0.29) is 28.8 Å². The molecule has 0 spiro atoms. The molecule has 1 aliphatic heterocycles. The fourth-order valence-electron chi connectivity index (χ4n) is 4.11. The molecule has 0 unspecified atom stereocenters. The van der Waals surface area contributed by atoms with E-state index in [4.69, 9.17) is 0 Å². The first-order valence-corrected chi connectivity index (χ1v) is 11.3. The SMILES string of the molecule is CCN(CC)C(=O)[C@H]1CCCN(c2ccc([N+](=O)[O-])cc2C=NNC(=O)c2cccc(O)c2)C1. The minimum atomic E-state index is -0.526. The van der Waals surface area contributed by atoms with Crippen LogP contribution in [0.3, 0.4) is 0 Å². The molecular formula is C24H29N5O5. The molecule has 2 aromatic rings. The number of rotatable bonds is 8. The van der Waals surface area contributed by atoms with Crippen molar-refractivity contribution in [1.29, 1.82) is 0 Å². The van der Waals surface area contributed by atoms with Gasteiger partial charge in [0, 0.05) is 55.1 Å². The first-order chi connectivity index (χ1) is 16.3. The normalized spacial score (nSPS) is 15.8. The zero-order chi connectivity index (χ0) is 24.7. The van der Waals surface area contributed by atoms with Crippen LogP contribution in [-0.4, -0.2) is 59.1 Å². The molecular weight excluding hydrogens is 438 g/mol. The maximum Gasteiger partial charge on any atom is 0.271 e. The average molecular weight is 468 g/mol. The van der Waals surface area contributed by atoms with Crippen molar-refractivity contribution in [3.05, 3.63) is 63.7 Å². The van der Waals surface area contributed by atoms with Crippen LogP contribution in [0.5, 0.6) is 5.75 Å². The maximum atomic E-state index is 12.9. The van der Waals surface area contributed by atoms with Crippen molar-refractivity contribution in [2.75, 3.05) is 31.1 Å². The second-order valence-corrected chi connectivity index (χ2v) is 8.05. The maximum absolute atomic E-state index is 12.9. The van der Waals surface area contributed by atoms with Gasteiger partial charge in [0.05, 0.1) is 17.1 Å². The third-order valence-corrected chi connectivity index (χ3v) is 5.89. The lowest BCUT2D eigenvalue weighted by Crippen LogP contribution is -2.45. The molecule has 10 nitrogen and oxygen atoms in total. The number of hydrogen-bond donors (Lipinski definition) is 2. The Balaban J connectivity index is 1.82. The van der Waals surface area contributed by atoms with Crippen molar-refractivity contribution >= 4 is 29.4 Å². The number of phenols is 1. The van der Waals surface area contributed by atoms with Crippen LogP contribution in [0.15, 0.2) is 47.6 Å². The largest absolute Gasteiger partial charge is 0.508 e. The number of benzene rings is 2. The van der Waals surface area contributed by atoms with Gasteiger partial charge in [0.25, 0.3) is 11.6 Å². The van der Waals surface area contributed by atoms with Gasteiger partial charge in [0.2, 0.25) is 5.91 Å². The molecule has 1 fully saturated rings. The van der Waals surface area contributed by atoms with Crippen LogP contribution >= 0.6 is 0 Å². The Bertz CT molecular complexity index is 1080. The molecule has 3 rings (SSSR count). The molecule has 34 heavy (non-hydrogen) atoms. The van der Waals surface area contributed by atoms with Crippen LogP contribution in [0.2, 0.25) is 0 Å². The summed E-state index contributed by atoms with van der Waals surface area (Å²) < 4.78 is 0. The van der Waals surface area contributed by atoms with Gasteiger partial charge >= 0.3 is 0 Å².